The summed E-state index contributed by atoms with van der Waals surface area (Å²) < 4.78 is 11.2. The zero-order valence-corrected chi connectivity index (χ0v) is 11.7. The van der Waals surface area contributed by atoms with Gasteiger partial charge in [-0.15, -0.1) is 0 Å². The zero-order chi connectivity index (χ0) is 13.0. The predicted octanol–water partition coefficient (Wildman–Crippen LogP) is 2.79. The number of halogens is 1. The molecule has 1 aromatic rings. The van der Waals surface area contributed by atoms with Crippen LogP contribution in [-0.4, -0.2) is 32.4 Å². The van der Waals surface area contributed by atoms with Crippen LogP contribution in [0.25, 0.3) is 0 Å². The summed E-state index contributed by atoms with van der Waals surface area (Å²) in [6.07, 6.45) is 2.59. The average molecular weight is 270 g/mol. The summed E-state index contributed by atoms with van der Waals surface area (Å²) in [7, 11) is 1.70. The second-order valence-corrected chi connectivity index (χ2v) is 5.22. The van der Waals surface area contributed by atoms with E-state index in [1.54, 1.807) is 7.11 Å². The summed E-state index contributed by atoms with van der Waals surface area (Å²) in [5.74, 6) is 0.874. The normalized spacial score (nSPS) is 16.6. The van der Waals surface area contributed by atoms with Crippen molar-refractivity contribution in [2.75, 3.05) is 20.3 Å². The van der Waals surface area contributed by atoms with Gasteiger partial charge in [0.15, 0.2) is 0 Å². The highest BCUT2D eigenvalue weighted by molar-refractivity contribution is 6.30. The Kier molecular flexibility index (Phi) is 4.87. The summed E-state index contributed by atoms with van der Waals surface area (Å²) in [5, 5.41) is 4.20. The van der Waals surface area contributed by atoms with Gasteiger partial charge in [-0.1, -0.05) is 11.6 Å². The van der Waals surface area contributed by atoms with Crippen molar-refractivity contribution in [3.63, 3.8) is 0 Å². The van der Waals surface area contributed by atoms with E-state index >= 15 is 0 Å². The lowest BCUT2D eigenvalue weighted by Crippen LogP contribution is -2.36. The molecule has 1 aliphatic rings. The molecule has 1 aliphatic carbocycles. The molecule has 0 amide bonds. The van der Waals surface area contributed by atoms with Gasteiger partial charge in [-0.3, -0.25) is 0 Å². The van der Waals surface area contributed by atoms with Crippen LogP contribution in [0.3, 0.4) is 0 Å². The molecule has 1 N–H and O–H groups in total. The van der Waals surface area contributed by atoms with Crippen LogP contribution in [0.1, 0.15) is 18.4 Å². The van der Waals surface area contributed by atoms with Crippen molar-refractivity contribution >= 4 is 11.6 Å². The molecular weight excluding hydrogens is 250 g/mol. The van der Waals surface area contributed by atoms with Gasteiger partial charge in [0, 0.05) is 24.7 Å². The lowest BCUT2D eigenvalue weighted by molar-refractivity contribution is 0.0799. The highest BCUT2D eigenvalue weighted by Crippen LogP contribution is 2.23. The van der Waals surface area contributed by atoms with E-state index in [-0.39, 0.29) is 6.10 Å². The van der Waals surface area contributed by atoms with Crippen LogP contribution in [0.4, 0.5) is 0 Å². The van der Waals surface area contributed by atoms with Gasteiger partial charge in [0.25, 0.3) is 0 Å². The van der Waals surface area contributed by atoms with Gasteiger partial charge in [0.1, 0.15) is 11.9 Å². The minimum absolute atomic E-state index is 0.0375. The van der Waals surface area contributed by atoms with Crippen molar-refractivity contribution in [3.05, 3.63) is 28.8 Å². The first-order valence-electron chi connectivity index (χ1n) is 6.34. The minimum atomic E-state index is 0.0375. The average Bonchev–Trinajstić information content (AvgIpc) is 3.13. The van der Waals surface area contributed by atoms with Crippen molar-refractivity contribution < 1.29 is 9.47 Å². The van der Waals surface area contributed by atoms with E-state index in [1.165, 1.54) is 12.8 Å². The fourth-order valence-corrected chi connectivity index (χ4v) is 2.06. The molecule has 0 aromatic heterocycles. The van der Waals surface area contributed by atoms with Gasteiger partial charge in [0.05, 0.1) is 6.61 Å². The summed E-state index contributed by atoms with van der Waals surface area (Å²) in [6.45, 7) is 3.40. The summed E-state index contributed by atoms with van der Waals surface area (Å²) in [6, 6.07) is 6.36. The van der Waals surface area contributed by atoms with E-state index in [0.29, 0.717) is 12.6 Å². The molecule has 1 unspecified atom stereocenters. The second kappa shape index (κ2) is 6.41. The van der Waals surface area contributed by atoms with Gasteiger partial charge in [0.2, 0.25) is 0 Å². The van der Waals surface area contributed by atoms with Crippen molar-refractivity contribution in [3.8, 4) is 5.75 Å². The van der Waals surface area contributed by atoms with Crippen molar-refractivity contribution in [2.24, 2.45) is 0 Å². The summed E-state index contributed by atoms with van der Waals surface area (Å²) in [4.78, 5) is 0. The Morgan fingerprint density at radius 1 is 1.44 bits per heavy atom. The molecule has 1 saturated carbocycles. The van der Waals surface area contributed by atoms with Crippen LogP contribution in [0.15, 0.2) is 18.2 Å². The molecule has 3 nitrogen and oxygen atoms in total. The molecule has 2 rings (SSSR count). The molecular formula is C14H20ClNO2. The van der Waals surface area contributed by atoms with Crippen LogP contribution in [0.2, 0.25) is 5.02 Å². The van der Waals surface area contributed by atoms with E-state index in [9.17, 15) is 0 Å². The third-order valence-corrected chi connectivity index (χ3v) is 3.23. The number of rotatable bonds is 7. The Hall–Kier alpha value is -0.770. The SMILES string of the molecule is COCC(CNC1CC1)Oc1ccc(Cl)cc1C. The van der Waals surface area contributed by atoms with Crippen LogP contribution in [0, 0.1) is 6.92 Å². The maximum Gasteiger partial charge on any atom is 0.134 e. The smallest absolute Gasteiger partial charge is 0.134 e. The van der Waals surface area contributed by atoms with E-state index < -0.39 is 0 Å². The molecule has 18 heavy (non-hydrogen) atoms. The number of aryl methyl sites for hydroxylation is 1. The number of hydrogen-bond donors (Lipinski definition) is 1. The van der Waals surface area contributed by atoms with Crippen molar-refractivity contribution in [1.82, 2.24) is 5.32 Å². The largest absolute Gasteiger partial charge is 0.486 e. The fraction of sp³-hybridized carbons (Fsp3) is 0.571. The standard InChI is InChI=1S/C14H20ClNO2/c1-10-7-11(15)3-6-14(10)18-13(9-17-2)8-16-12-4-5-12/h3,6-7,12-13,16H,4-5,8-9H2,1-2H3. The molecule has 0 aliphatic heterocycles. The number of nitrogens with one attached hydrogen (secondary N) is 1. The van der Waals surface area contributed by atoms with E-state index in [4.69, 9.17) is 21.1 Å². The van der Waals surface area contributed by atoms with E-state index in [0.717, 1.165) is 22.9 Å². The molecule has 0 saturated heterocycles. The molecule has 0 heterocycles. The van der Waals surface area contributed by atoms with Crippen molar-refractivity contribution in [2.45, 2.75) is 31.9 Å². The Balaban J connectivity index is 1.92. The number of benzene rings is 1. The lowest BCUT2D eigenvalue weighted by Gasteiger charge is -2.20. The number of ether oxygens (including phenoxy) is 2. The van der Waals surface area contributed by atoms with Crippen LogP contribution in [0.5, 0.6) is 5.75 Å². The van der Waals surface area contributed by atoms with Gasteiger partial charge in [-0.05, 0) is 43.5 Å². The quantitative estimate of drug-likeness (QED) is 0.826. The monoisotopic (exact) mass is 269 g/mol. The van der Waals surface area contributed by atoms with Gasteiger partial charge < -0.3 is 14.8 Å². The maximum atomic E-state index is 5.97. The third-order valence-electron chi connectivity index (χ3n) is 2.99. The Labute approximate surface area is 113 Å². The van der Waals surface area contributed by atoms with E-state index in [2.05, 4.69) is 5.32 Å². The molecule has 0 bridgehead atoms. The number of methoxy groups -OCH3 is 1. The number of hydrogen-bond acceptors (Lipinski definition) is 3. The Morgan fingerprint density at radius 3 is 2.83 bits per heavy atom. The highest BCUT2D eigenvalue weighted by Gasteiger charge is 2.22. The molecule has 0 spiro atoms. The molecule has 1 aromatic carbocycles. The van der Waals surface area contributed by atoms with Crippen LogP contribution < -0.4 is 10.1 Å². The van der Waals surface area contributed by atoms with Gasteiger partial charge >= 0.3 is 0 Å². The zero-order valence-electron chi connectivity index (χ0n) is 10.9. The molecule has 0 radical (unpaired) electrons. The van der Waals surface area contributed by atoms with Crippen LogP contribution >= 0.6 is 11.6 Å². The molecule has 4 heteroatoms. The highest BCUT2D eigenvalue weighted by atomic mass is 35.5. The minimum Gasteiger partial charge on any atom is -0.486 e. The van der Waals surface area contributed by atoms with Gasteiger partial charge in [-0.25, -0.2) is 0 Å². The molecule has 1 fully saturated rings. The fourth-order valence-electron chi connectivity index (χ4n) is 1.83. The van der Waals surface area contributed by atoms with Gasteiger partial charge in [-0.2, -0.15) is 0 Å². The topological polar surface area (TPSA) is 30.5 Å². The first kappa shape index (κ1) is 13.7. The van der Waals surface area contributed by atoms with Crippen molar-refractivity contribution in [1.29, 1.82) is 0 Å². The summed E-state index contributed by atoms with van der Waals surface area (Å²) >= 11 is 5.93. The first-order valence-corrected chi connectivity index (χ1v) is 6.72. The first-order chi connectivity index (χ1) is 8.69. The Morgan fingerprint density at radius 2 is 2.22 bits per heavy atom. The molecule has 1 atom stereocenters. The maximum absolute atomic E-state index is 5.97. The summed E-state index contributed by atoms with van der Waals surface area (Å²) in [5.41, 5.74) is 1.05. The third kappa shape index (κ3) is 4.16. The predicted molar refractivity (Wildman–Crippen MR) is 73.5 cm³/mol. The van der Waals surface area contributed by atoms with E-state index in [1.807, 2.05) is 25.1 Å². The van der Waals surface area contributed by atoms with Crippen LogP contribution in [-0.2, 0) is 4.74 Å². The lowest BCUT2D eigenvalue weighted by atomic mass is 10.2. The Bertz CT molecular complexity index is 393. The molecule has 100 valence electrons. The second-order valence-electron chi connectivity index (χ2n) is 4.79.